The molecule has 0 rings (SSSR count). The van der Waals surface area contributed by atoms with Crippen molar-refractivity contribution in [3.8, 4) is 0 Å². The molecular weight excluding hydrogens is 170 g/mol. The van der Waals surface area contributed by atoms with Crippen LogP contribution in [-0.2, 0) is 4.79 Å². The molecule has 0 amide bonds. The van der Waals surface area contributed by atoms with Gasteiger partial charge in [0.05, 0.1) is 0 Å². The normalized spacial score (nSPS) is 15.6. The molecule has 0 aliphatic carbocycles. The van der Waals surface area contributed by atoms with Crippen molar-refractivity contribution in [1.82, 2.24) is 0 Å². The molecule has 13 heavy (non-hydrogen) atoms. The van der Waals surface area contributed by atoms with Crippen LogP contribution in [0.5, 0.6) is 0 Å². The summed E-state index contributed by atoms with van der Waals surface area (Å²) in [4.78, 5) is 18.1. The van der Waals surface area contributed by atoms with Crippen LogP contribution in [0.1, 0.15) is 20.3 Å². The Morgan fingerprint density at radius 3 is 2.46 bits per heavy atom. The first-order valence-electron chi connectivity index (χ1n) is 4.06. The van der Waals surface area contributed by atoms with Crippen molar-refractivity contribution >= 4 is 17.5 Å². The Bertz CT molecular complexity index is 246. The van der Waals surface area contributed by atoms with Gasteiger partial charge in [-0.15, -0.1) is 0 Å². The van der Waals surface area contributed by atoms with Crippen molar-refractivity contribution in [1.29, 1.82) is 0 Å². The number of hydrogen-bond acceptors (Lipinski definition) is 3. The Hall–Kier alpha value is -1.39. The van der Waals surface area contributed by atoms with Gasteiger partial charge in [-0.05, 0) is 13.3 Å². The highest BCUT2D eigenvalue weighted by atomic mass is 16.4. The van der Waals surface area contributed by atoms with E-state index in [4.69, 9.17) is 10.8 Å². The fourth-order valence-electron chi connectivity index (χ4n) is 0.710. The minimum Gasteiger partial charge on any atom is -0.476 e. The zero-order valence-corrected chi connectivity index (χ0v) is 8.11. The van der Waals surface area contributed by atoms with Crippen LogP contribution in [0.3, 0.4) is 0 Å². The van der Waals surface area contributed by atoms with Gasteiger partial charge >= 0.3 is 5.97 Å². The van der Waals surface area contributed by atoms with Crippen molar-refractivity contribution in [2.24, 2.45) is 15.7 Å². The second-order valence-corrected chi connectivity index (χ2v) is 2.65. The van der Waals surface area contributed by atoms with E-state index in [0.717, 1.165) is 6.42 Å². The fourth-order valence-corrected chi connectivity index (χ4v) is 0.710. The second-order valence-electron chi connectivity index (χ2n) is 2.65. The van der Waals surface area contributed by atoms with Gasteiger partial charge in [-0.25, -0.2) is 4.79 Å². The number of carboxylic acid groups (broad SMARTS) is 1. The number of carbonyl (C=O) groups is 1. The summed E-state index contributed by atoms with van der Waals surface area (Å²) >= 11 is 0. The highest BCUT2D eigenvalue weighted by Crippen LogP contribution is 1.95. The van der Waals surface area contributed by atoms with Crippen molar-refractivity contribution < 1.29 is 9.90 Å². The predicted molar refractivity (Wildman–Crippen MR) is 52.4 cm³/mol. The predicted octanol–water partition coefficient (Wildman–Crippen LogP) is 0.297. The molecule has 0 bridgehead atoms. The number of aliphatic carboxylic acids is 1. The Morgan fingerprint density at radius 2 is 2.15 bits per heavy atom. The first-order valence-corrected chi connectivity index (χ1v) is 4.06. The van der Waals surface area contributed by atoms with Crippen molar-refractivity contribution in [2.45, 2.75) is 26.3 Å². The monoisotopic (exact) mass is 185 g/mol. The summed E-state index contributed by atoms with van der Waals surface area (Å²) < 4.78 is 0. The van der Waals surface area contributed by atoms with Crippen LogP contribution in [-0.4, -0.2) is 35.7 Å². The van der Waals surface area contributed by atoms with Gasteiger partial charge in [0.2, 0.25) is 0 Å². The molecule has 5 heteroatoms. The highest BCUT2D eigenvalue weighted by Gasteiger charge is 2.13. The summed E-state index contributed by atoms with van der Waals surface area (Å²) in [6.07, 6.45) is 0.817. The molecule has 3 N–H and O–H groups in total. The first kappa shape index (κ1) is 11.6. The number of carboxylic acids is 1. The van der Waals surface area contributed by atoms with E-state index < -0.39 is 5.97 Å². The molecular formula is C8H15N3O2. The van der Waals surface area contributed by atoms with Gasteiger partial charge in [-0.2, -0.15) is 0 Å². The minimum atomic E-state index is -1.15. The quantitative estimate of drug-likeness (QED) is 0.487. The lowest BCUT2D eigenvalue weighted by atomic mass is 10.2. The van der Waals surface area contributed by atoms with Gasteiger partial charge in [0.25, 0.3) is 0 Å². The molecule has 0 aromatic heterocycles. The zero-order chi connectivity index (χ0) is 10.4. The molecule has 0 fully saturated rings. The Kier molecular flexibility index (Phi) is 4.72. The van der Waals surface area contributed by atoms with Crippen LogP contribution in [0.2, 0.25) is 0 Å². The number of rotatable bonds is 4. The van der Waals surface area contributed by atoms with Crippen LogP contribution >= 0.6 is 0 Å². The molecule has 0 radical (unpaired) electrons. The summed E-state index contributed by atoms with van der Waals surface area (Å²) in [7, 11) is 1.38. The first-order chi connectivity index (χ1) is 6.02. The maximum Gasteiger partial charge on any atom is 0.357 e. The lowest BCUT2D eigenvalue weighted by Gasteiger charge is -2.04. The summed E-state index contributed by atoms with van der Waals surface area (Å²) in [6, 6.07) is 0.0242. The molecule has 0 aliphatic rings. The maximum absolute atomic E-state index is 10.6. The largest absolute Gasteiger partial charge is 0.476 e. The van der Waals surface area contributed by atoms with Gasteiger partial charge in [0.15, 0.2) is 11.5 Å². The van der Waals surface area contributed by atoms with E-state index in [1.165, 1.54) is 7.05 Å². The van der Waals surface area contributed by atoms with E-state index in [9.17, 15) is 4.79 Å². The molecule has 0 saturated heterocycles. The fraction of sp³-hybridized carbons (Fsp3) is 0.625. The van der Waals surface area contributed by atoms with Gasteiger partial charge < -0.3 is 10.8 Å². The molecule has 5 nitrogen and oxygen atoms in total. The lowest BCUT2D eigenvalue weighted by Crippen LogP contribution is -2.32. The third-order valence-corrected chi connectivity index (χ3v) is 1.62. The molecule has 1 atom stereocenters. The minimum absolute atomic E-state index is 0.00986. The Morgan fingerprint density at radius 1 is 1.62 bits per heavy atom. The number of aliphatic imine (C=N–C) groups is 2. The van der Waals surface area contributed by atoms with Crippen LogP contribution in [0.25, 0.3) is 0 Å². The lowest BCUT2D eigenvalue weighted by molar-refractivity contribution is -0.129. The number of nitrogens with two attached hydrogens (primary N) is 1. The van der Waals surface area contributed by atoms with E-state index in [1.807, 2.05) is 13.8 Å². The topological polar surface area (TPSA) is 88.0 Å². The Labute approximate surface area is 77.4 Å². The van der Waals surface area contributed by atoms with Crippen LogP contribution in [0.15, 0.2) is 9.98 Å². The van der Waals surface area contributed by atoms with Gasteiger partial charge in [0, 0.05) is 13.1 Å². The van der Waals surface area contributed by atoms with Crippen LogP contribution in [0, 0.1) is 0 Å². The molecule has 0 aromatic carbocycles. The van der Waals surface area contributed by atoms with E-state index in [0.29, 0.717) is 0 Å². The smallest absolute Gasteiger partial charge is 0.357 e. The zero-order valence-electron chi connectivity index (χ0n) is 8.11. The molecule has 0 aromatic rings. The van der Waals surface area contributed by atoms with E-state index in [2.05, 4.69) is 9.98 Å². The van der Waals surface area contributed by atoms with Crippen molar-refractivity contribution in [3.63, 3.8) is 0 Å². The molecule has 74 valence electrons. The van der Waals surface area contributed by atoms with Crippen LogP contribution < -0.4 is 5.73 Å². The summed E-state index contributed by atoms with van der Waals surface area (Å²) in [5.41, 5.74) is 5.26. The van der Waals surface area contributed by atoms with Gasteiger partial charge in [-0.3, -0.25) is 9.98 Å². The van der Waals surface area contributed by atoms with Gasteiger partial charge in [-0.1, -0.05) is 6.92 Å². The molecule has 0 heterocycles. The summed E-state index contributed by atoms with van der Waals surface area (Å²) in [5, 5.41) is 8.64. The molecule has 0 saturated carbocycles. The maximum atomic E-state index is 10.6. The summed E-state index contributed by atoms with van der Waals surface area (Å²) in [6.45, 7) is 3.81. The number of nitrogens with zero attached hydrogens (tertiary/aromatic N) is 2. The SMILES string of the molecule is CCC(C)/N=C(N)\C(=N/C)C(=O)O. The highest BCUT2D eigenvalue weighted by molar-refractivity contribution is 6.64. The van der Waals surface area contributed by atoms with Crippen molar-refractivity contribution in [3.05, 3.63) is 0 Å². The van der Waals surface area contributed by atoms with Crippen molar-refractivity contribution in [2.75, 3.05) is 7.05 Å². The molecule has 0 aliphatic heterocycles. The standard InChI is InChI=1S/C8H15N3O2/c1-4-5(2)11-7(9)6(10-3)8(12)13/h5H,4H2,1-3H3,(H2,9,11)(H,12,13)/b10-6+. The average molecular weight is 185 g/mol. The van der Waals surface area contributed by atoms with E-state index in [1.54, 1.807) is 0 Å². The summed E-state index contributed by atoms with van der Waals surface area (Å²) in [5.74, 6) is -1.16. The Balaban J connectivity index is 4.65. The number of amidine groups is 1. The number of hydrogen-bond donors (Lipinski definition) is 2. The van der Waals surface area contributed by atoms with E-state index in [-0.39, 0.29) is 17.6 Å². The van der Waals surface area contributed by atoms with Crippen LogP contribution in [0.4, 0.5) is 0 Å². The molecule has 1 unspecified atom stereocenters. The van der Waals surface area contributed by atoms with Gasteiger partial charge in [0.1, 0.15) is 0 Å². The third kappa shape index (κ3) is 3.68. The third-order valence-electron chi connectivity index (χ3n) is 1.62. The average Bonchev–Trinajstić information content (AvgIpc) is 2.04. The van der Waals surface area contributed by atoms with E-state index >= 15 is 0 Å². The molecule has 0 spiro atoms. The second kappa shape index (κ2) is 5.29.